The maximum absolute atomic E-state index is 12.6. The molecule has 4 amide bonds. The fraction of sp³-hybridized carbons (Fsp3) is 0.562. The Kier molecular flexibility index (Phi) is 4.43. The number of amides is 4. The summed E-state index contributed by atoms with van der Waals surface area (Å²) in [6.07, 6.45) is 1.95. The zero-order chi connectivity index (χ0) is 17.6. The fourth-order valence-electron chi connectivity index (χ4n) is 3.30. The molecule has 1 unspecified atom stereocenters. The first-order valence-corrected chi connectivity index (χ1v) is 9.58. The van der Waals surface area contributed by atoms with Crippen LogP contribution in [0.1, 0.15) is 17.7 Å². The average Bonchev–Trinajstić information content (AvgIpc) is 3.26. The molecule has 0 aromatic carbocycles. The van der Waals surface area contributed by atoms with E-state index in [-0.39, 0.29) is 30.4 Å². The predicted molar refractivity (Wildman–Crippen MR) is 93.4 cm³/mol. The van der Waals surface area contributed by atoms with Crippen molar-refractivity contribution < 1.29 is 14.4 Å². The van der Waals surface area contributed by atoms with E-state index in [2.05, 4.69) is 10.2 Å². The number of carbonyl (C=O) groups excluding carboxylic acids is 3. The molecule has 1 aliphatic carbocycles. The fourth-order valence-corrected chi connectivity index (χ4v) is 4.43. The van der Waals surface area contributed by atoms with E-state index in [1.807, 2.05) is 12.1 Å². The summed E-state index contributed by atoms with van der Waals surface area (Å²) in [4.78, 5) is 43.0. The first-order valence-electron chi connectivity index (χ1n) is 8.39. The van der Waals surface area contributed by atoms with Crippen molar-refractivity contribution in [1.29, 1.82) is 0 Å². The Morgan fingerprint density at radius 2 is 2.08 bits per heavy atom. The van der Waals surface area contributed by atoms with Gasteiger partial charge in [0.25, 0.3) is 5.91 Å². The number of urea groups is 1. The van der Waals surface area contributed by atoms with Crippen LogP contribution >= 0.6 is 22.9 Å². The van der Waals surface area contributed by atoms with Gasteiger partial charge < -0.3 is 10.2 Å². The van der Waals surface area contributed by atoms with E-state index < -0.39 is 6.04 Å². The maximum Gasteiger partial charge on any atom is 0.328 e. The second kappa shape index (κ2) is 6.59. The lowest BCUT2D eigenvalue weighted by Gasteiger charge is -2.35. The minimum Gasteiger partial charge on any atom is -0.352 e. The lowest BCUT2D eigenvalue weighted by Crippen LogP contribution is -2.52. The molecular weight excluding hydrogens is 364 g/mol. The number of imide groups is 1. The van der Waals surface area contributed by atoms with E-state index in [0.29, 0.717) is 26.2 Å². The lowest BCUT2D eigenvalue weighted by atomic mass is 10.2. The second-order valence-corrected chi connectivity index (χ2v) is 8.50. The third-order valence-corrected chi connectivity index (χ3v) is 5.96. The highest BCUT2D eigenvalue weighted by atomic mass is 35.5. The standard InChI is InChI=1S/C16H19ClN4O3S/c17-13-4-3-11(25-13)7-19-5-6-20-12(8-19)15(23)21(16(20)24)9-14(22)18-10-1-2-10/h3-4,10,12H,1-2,5-9H2,(H,18,22). The maximum atomic E-state index is 12.6. The van der Waals surface area contributed by atoms with Gasteiger partial charge in [-0.2, -0.15) is 0 Å². The van der Waals surface area contributed by atoms with Gasteiger partial charge >= 0.3 is 6.03 Å². The smallest absolute Gasteiger partial charge is 0.328 e. The highest BCUT2D eigenvalue weighted by molar-refractivity contribution is 7.16. The molecule has 3 aliphatic rings. The van der Waals surface area contributed by atoms with Crippen LogP contribution in [-0.4, -0.2) is 70.8 Å². The van der Waals surface area contributed by atoms with Crippen LogP contribution in [0.25, 0.3) is 0 Å². The van der Waals surface area contributed by atoms with Gasteiger partial charge in [0.05, 0.1) is 4.34 Å². The van der Waals surface area contributed by atoms with E-state index in [0.717, 1.165) is 27.0 Å². The quantitative estimate of drug-likeness (QED) is 0.775. The third-order valence-electron chi connectivity index (χ3n) is 4.74. The molecule has 2 saturated heterocycles. The van der Waals surface area contributed by atoms with Gasteiger partial charge in [0.1, 0.15) is 12.6 Å². The Bertz CT molecular complexity index is 720. The van der Waals surface area contributed by atoms with Crippen LogP contribution in [0, 0.1) is 0 Å². The zero-order valence-electron chi connectivity index (χ0n) is 13.6. The van der Waals surface area contributed by atoms with Crippen molar-refractivity contribution in [2.75, 3.05) is 26.2 Å². The van der Waals surface area contributed by atoms with Crippen molar-refractivity contribution >= 4 is 40.8 Å². The van der Waals surface area contributed by atoms with Crippen LogP contribution in [0.4, 0.5) is 4.79 Å². The molecule has 2 aliphatic heterocycles. The van der Waals surface area contributed by atoms with Crippen LogP contribution in [0.5, 0.6) is 0 Å². The SMILES string of the molecule is O=C(CN1C(=O)C2CN(Cc3ccc(Cl)s3)CCN2C1=O)NC1CC1. The molecule has 3 heterocycles. The van der Waals surface area contributed by atoms with Gasteiger partial charge in [0.2, 0.25) is 5.91 Å². The summed E-state index contributed by atoms with van der Waals surface area (Å²) >= 11 is 7.49. The van der Waals surface area contributed by atoms with Crippen molar-refractivity contribution in [3.8, 4) is 0 Å². The number of rotatable bonds is 5. The Morgan fingerprint density at radius 3 is 2.76 bits per heavy atom. The number of nitrogens with zero attached hydrogens (tertiary/aromatic N) is 3. The van der Waals surface area contributed by atoms with Crippen molar-refractivity contribution in [3.05, 3.63) is 21.3 Å². The minimum atomic E-state index is -0.495. The number of hydrogen-bond acceptors (Lipinski definition) is 5. The van der Waals surface area contributed by atoms with Gasteiger partial charge in [-0.3, -0.25) is 19.4 Å². The molecule has 0 bridgehead atoms. The summed E-state index contributed by atoms with van der Waals surface area (Å²) in [6, 6.07) is 3.22. The number of nitrogens with one attached hydrogen (secondary N) is 1. The van der Waals surface area contributed by atoms with Crippen LogP contribution in [-0.2, 0) is 16.1 Å². The number of carbonyl (C=O) groups is 3. The molecule has 25 heavy (non-hydrogen) atoms. The van der Waals surface area contributed by atoms with Gasteiger partial charge in [0, 0.05) is 37.1 Å². The van der Waals surface area contributed by atoms with Crippen molar-refractivity contribution in [2.45, 2.75) is 31.5 Å². The summed E-state index contributed by atoms with van der Waals surface area (Å²) in [5, 5.41) is 2.82. The van der Waals surface area contributed by atoms with E-state index in [4.69, 9.17) is 11.6 Å². The van der Waals surface area contributed by atoms with Crippen molar-refractivity contribution in [1.82, 2.24) is 20.0 Å². The molecule has 1 atom stereocenters. The molecule has 4 rings (SSSR count). The number of piperazine rings is 1. The first-order chi connectivity index (χ1) is 12.0. The zero-order valence-corrected chi connectivity index (χ0v) is 15.2. The molecule has 1 N–H and O–H groups in total. The average molecular weight is 383 g/mol. The van der Waals surface area contributed by atoms with Gasteiger partial charge in [-0.1, -0.05) is 11.6 Å². The first kappa shape index (κ1) is 16.8. The normalized spacial score (nSPS) is 24.0. The number of fused-ring (bicyclic) bond motifs is 1. The Morgan fingerprint density at radius 1 is 1.28 bits per heavy atom. The molecule has 3 fully saturated rings. The summed E-state index contributed by atoms with van der Waals surface area (Å²) in [7, 11) is 0. The largest absolute Gasteiger partial charge is 0.352 e. The molecule has 1 saturated carbocycles. The molecular formula is C16H19ClN4O3S. The van der Waals surface area contributed by atoms with Crippen LogP contribution < -0.4 is 5.32 Å². The van der Waals surface area contributed by atoms with Crippen LogP contribution in [0.3, 0.4) is 0 Å². The molecule has 9 heteroatoms. The van der Waals surface area contributed by atoms with Crippen LogP contribution in [0.2, 0.25) is 4.34 Å². The Hall–Kier alpha value is -1.64. The highest BCUT2D eigenvalue weighted by Crippen LogP contribution is 2.26. The molecule has 1 aromatic rings. The third kappa shape index (κ3) is 3.51. The van der Waals surface area contributed by atoms with Gasteiger partial charge in [-0.15, -0.1) is 11.3 Å². The Balaban J connectivity index is 1.39. The number of thiophene rings is 1. The van der Waals surface area contributed by atoms with Gasteiger partial charge in [-0.05, 0) is 25.0 Å². The topological polar surface area (TPSA) is 73.0 Å². The summed E-state index contributed by atoms with van der Waals surface area (Å²) in [5.41, 5.74) is 0. The van der Waals surface area contributed by atoms with Gasteiger partial charge in [0.15, 0.2) is 0 Å². The molecule has 0 radical (unpaired) electrons. The van der Waals surface area contributed by atoms with E-state index in [9.17, 15) is 14.4 Å². The van der Waals surface area contributed by atoms with E-state index in [1.54, 1.807) is 4.90 Å². The van der Waals surface area contributed by atoms with Crippen LogP contribution in [0.15, 0.2) is 12.1 Å². The lowest BCUT2D eigenvalue weighted by molar-refractivity contribution is -0.133. The molecule has 1 aromatic heterocycles. The molecule has 134 valence electrons. The minimum absolute atomic E-state index is 0.179. The number of halogens is 1. The Labute approximate surface area is 154 Å². The van der Waals surface area contributed by atoms with Crippen molar-refractivity contribution in [3.63, 3.8) is 0 Å². The highest BCUT2D eigenvalue weighted by Gasteiger charge is 2.48. The van der Waals surface area contributed by atoms with Crippen molar-refractivity contribution in [2.24, 2.45) is 0 Å². The second-order valence-electron chi connectivity index (χ2n) is 6.70. The summed E-state index contributed by atoms with van der Waals surface area (Å²) in [5.74, 6) is -0.529. The van der Waals surface area contributed by atoms with Gasteiger partial charge in [-0.25, -0.2) is 4.79 Å². The predicted octanol–water partition coefficient (Wildman–Crippen LogP) is 1.13. The monoisotopic (exact) mass is 382 g/mol. The van der Waals surface area contributed by atoms with E-state index >= 15 is 0 Å². The molecule has 7 nitrogen and oxygen atoms in total. The number of hydrogen-bond donors (Lipinski definition) is 1. The molecule has 0 spiro atoms. The summed E-state index contributed by atoms with van der Waals surface area (Å²) < 4.78 is 0.744. The summed E-state index contributed by atoms with van der Waals surface area (Å²) in [6.45, 7) is 2.22. The van der Waals surface area contributed by atoms with E-state index in [1.165, 1.54) is 11.3 Å².